The molecule has 0 radical (unpaired) electrons. The third-order valence-electron chi connectivity index (χ3n) is 1.84. The van der Waals surface area contributed by atoms with Crippen molar-refractivity contribution in [2.24, 2.45) is 0 Å². The van der Waals surface area contributed by atoms with Crippen molar-refractivity contribution in [3.8, 4) is 0 Å². The lowest BCUT2D eigenvalue weighted by Crippen LogP contribution is -2.16. The minimum Gasteiger partial charge on any atom is -0.455 e. The van der Waals surface area contributed by atoms with Crippen LogP contribution >= 0.6 is 0 Å². The Hall–Kier alpha value is -1.84. The normalized spacial score (nSPS) is 11.9. The SMILES string of the molecule is C=CC(C)OC(=O)c1cc(C)[nH]c(=O)c1. The molecule has 0 aromatic carbocycles. The molecule has 0 amide bonds. The molecule has 1 aromatic rings. The van der Waals surface area contributed by atoms with E-state index in [1.54, 1.807) is 19.9 Å². The number of esters is 1. The van der Waals surface area contributed by atoms with E-state index in [2.05, 4.69) is 11.6 Å². The number of hydrogen-bond donors (Lipinski definition) is 1. The monoisotopic (exact) mass is 207 g/mol. The van der Waals surface area contributed by atoms with E-state index in [1.807, 2.05) is 0 Å². The number of ether oxygens (including phenoxy) is 1. The molecule has 80 valence electrons. The smallest absolute Gasteiger partial charge is 0.338 e. The van der Waals surface area contributed by atoms with Crippen LogP contribution in [0.4, 0.5) is 0 Å². The molecule has 1 aromatic heterocycles. The van der Waals surface area contributed by atoms with Gasteiger partial charge in [0, 0.05) is 11.8 Å². The number of rotatable bonds is 3. The third-order valence-corrected chi connectivity index (χ3v) is 1.84. The number of carbonyl (C=O) groups is 1. The molecule has 1 heterocycles. The van der Waals surface area contributed by atoms with E-state index in [0.29, 0.717) is 5.69 Å². The lowest BCUT2D eigenvalue weighted by atomic mass is 10.2. The largest absolute Gasteiger partial charge is 0.455 e. The Balaban J connectivity index is 2.91. The summed E-state index contributed by atoms with van der Waals surface area (Å²) < 4.78 is 4.99. The molecular weight excluding hydrogens is 194 g/mol. The molecule has 0 saturated heterocycles. The molecule has 1 rings (SSSR count). The van der Waals surface area contributed by atoms with E-state index >= 15 is 0 Å². The zero-order chi connectivity index (χ0) is 11.4. The molecule has 15 heavy (non-hydrogen) atoms. The van der Waals surface area contributed by atoms with Crippen LogP contribution in [-0.2, 0) is 4.74 Å². The molecule has 0 bridgehead atoms. The third kappa shape index (κ3) is 3.09. The number of aromatic nitrogens is 1. The summed E-state index contributed by atoms with van der Waals surface area (Å²) in [5.74, 6) is -0.517. The quantitative estimate of drug-likeness (QED) is 0.602. The Labute approximate surface area is 87.6 Å². The Bertz CT molecular complexity index is 434. The lowest BCUT2D eigenvalue weighted by molar-refractivity contribution is 0.0424. The second-order valence-electron chi connectivity index (χ2n) is 3.26. The van der Waals surface area contributed by atoms with Crippen LogP contribution in [0.1, 0.15) is 23.0 Å². The van der Waals surface area contributed by atoms with Gasteiger partial charge in [0.2, 0.25) is 5.56 Å². The van der Waals surface area contributed by atoms with Crippen molar-refractivity contribution in [3.63, 3.8) is 0 Å². The fraction of sp³-hybridized carbons (Fsp3) is 0.273. The lowest BCUT2D eigenvalue weighted by Gasteiger charge is -2.08. The van der Waals surface area contributed by atoms with Crippen LogP contribution in [0, 0.1) is 6.92 Å². The number of H-pyrrole nitrogens is 1. The molecule has 0 aliphatic rings. The molecule has 1 N–H and O–H groups in total. The summed E-state index contributed by atoms with van der Waals surface area (Å²) in [6.45, 7) is 6.90. The van der Waals surface area contributed by atoms with Crippen molar-refractivity contribution < 1.29 is 9.53 Å². The van der Waals surface area contributed by atoms with Gasteiger partial charge in [-0.25, -0.2) is 4.79 Å². The number of hydrogen-bond acceptors (Lipinski definition) is 3. The van der Waals surface area contributed by atoms with Gasteiger partial charge in [0.15, 0.2) is 0 Å². The minimum absolute atomic E-state index is 0.255. The maximum absolute atomic E-state index is 11.5. The minimum atomic E-state index is -0.517. The first-order chi connectivity index (χ1) is 7.02. The Morgan fingerprint density at radius 3 is 2.80 bits per heavy atom. The summed E-state index contributed by atoms with van der Waals surface area (Å²) in [7, 11) is 0. The van der Waals surface area contributed by atoms with Crippen molar-refractivity contribution in [2.45, 2.75) is 20.0 Å². The van der Waals surface area contributed by atoms with Crippen molar-refractivity contribution in [1.82, 2.24) is 4.98 Å². The van der Waals surface area contributed by atoms with Crippen LogP contribution in [0.15, 0.2) is 29.6 Å². The predicted octanol–water partition coefficient (Wildman–Crippen LogP) is 1.41. The molecule has 0 saturated carbocycles. The Kier molecular flexibility index (Phi) is 3.44. The van der Waals surface area contributed by atoms with Crippen LogP contribution in [0.5, 0.6) is 0 Å². The maximum Gasteiger partial charge on any atom is 0.338 e. The zero-order valence-corrected chi connectivity index (χ0v) is 8.74. The van der Waals surface area contributed by atoms with Crippen LogP contribution in [0.25, 0.3) is 0 Å². The fourth-order valence-corrected chi connectivity index (χ4v) is 1.09. The van der Waals surface area contributed by atoms with Crippen LogP contribution in [-0.4, -0.2) is 17.1 Å². The second-order valence-corrected chi connectivity index (χ2v) is 3.26. The number of nitrogens with one attached hydrogen (secondary N) is 1. The number of aromatic amines is 1. The van der Waals surface area contributed by atoms with E-state index < -0.39 is 5.97 Å². The van der Waals surface area contributed by atoms with Crippen LogP contribution in [0.3, 0.4) is 0 Å². The molecule has 1 unspecified atom stereocenters. The van der Waals surface area contributed by atoms with Gasteiger partial charge in [-0.3, -0.25) is 4.79 Å². The molecule has 0 fully saturated rings. The molecule has 1 atom stereocenters. The van der Waals surface area contributed by atoms with E-state index in [9.17, 15) is 9.59 Å². The molecule has 4 nitrogen and oxygen atoms in total. The summed E-state index contributed by atoms with van der Waals surface area (Å²) in [5.41, 5.74) is 0.568. The first-order valence-corrected chi connectivity index (χ1v) is 4.57. The molecule has 0 aliphatic carbocycles. The van der Waals surface area contributed by atoms with Gasteiger partial charge in [-0.15, -0.1) is 0 Å². The first kappa shape index (κ1) is 11.2. The van der Waals surface area contributed by atoms with Gasteiger partial charge >= 0.3 is 5.97 Å². The van der Waals surface area contributed by atoms with Crippen molar-refractivity contribution in [2.75, 3.05) is 0 Å². The Morgan fingerprint density at radius 2 is 2.27 bits per heavy atom. The average molecular weight is 207 g/mol. The summed E-state index contributed by atoms with van der Waals surface area (Å²) >= 11 is 0. The summed E-state index contributed by atoms with van der Waals surface area (Å²) in [4.78, 5) is 25.1. The number of carbonyl (C=O) groups excluding carboxylic acids is 1. The highest BCUT2D eigenvalue weighted by Crippen LogP contribution is 2.03. The average Bonchev–Trinajstić information content (AvgIpc) is 2.16. The first-order valence-electron chi connectivity index (χ1n) is 4.57. The summed E-state index contributed by atoms with van der Waals surface area (Å²) in [6, 6.07) is 2.78. The van der Waals surface area contributed by atoms with E-state index in [0.717, 1.165) is 0 Å². The fourth-order valence-electron chi connectivity index (χ4n) is 1.09. The molecule has 0 aliphatic heterocycles. The van der Waals surface area contributed by atoms with E-state index in [1.165, 1.54) is 12.1 Å². The molecular formula is C11H13NO3. The summed E-state index contributed by atoms with van der Waals surface area (Å²) in [5, 5.41) is 0. The molecule has 4 heteroatoms. The van der Waals surface area contributed by atoms with E-state index in [-0.39, 0.29) is 17.2 Å². The highest BCUT2D eigenvalue weighted by Gasteiger charge is 2.10. The maximum atomic E-state index is 11.5. The van der Waals surface area contributed by atoms with Crippen molar-refractivity contribution >= 4 is 5.97 Å². The van der Waals surface area contributed by atoms with Gasteiger partial charge in [-0.1, -0.05) is 12.7 Å². The van der Waals surface area contributed by atoms with E-state index in [4.69, 9.17) is 4.74 Å². The van der Waals surface area contributed by atoms with Crippen LogP contribution in [0.2, 0.25) is 0 Å². The second kappa shape index (κ2) is 4.59. The van der Waals surface area contributed by atoms with Crippen LogP contribution < -0.4 is 5.56 Å². The highest BCUT2D eigenvalue weighted by molar-refractivity contribution is 5.89. The van der Waals surface area contributed by atoms with Gasteiger partial charge in [-0.2, -0.15) is 0 Å². The van der Waals surface area contributed by atoms with Gasteiger partial charge < -0.3 is 9.72 Å². The van der Waals surface area contributed by atoms with Gasteiger partial charge in [0.1, 0.15) is 6.10 Å². The molecule has 0 spiro atoms. The topological polar surface area (TPSA) is 59.2 Å². The van der Waals surface area contributed by atoms with Crippen molar-refractivity contribution in [1.29, 1.82) is 0 Å². The zero-order valence-electron chi connectivity index (χ0n) is 8.74. The summed E-state index contributed by atoms with van der Waals surface area (Å²) in [6.07, 6.45) is 1.15. The highest BCUT2D eigenvalue weighted by atomic mass is 16.5. The van der Waals surface area contributed by atoms with Gasteiger partial charge in [-0.05, 0) is 19.9 Å². The Morgan fingerprint density at radius 1 is 1.60 bits per heavy atom. The number of aryl methyl sites for hydroxylation is 1. The standard InChI is InChI=1S/C11H13NO3/c1-4-8(3)15-11(14)9-5-7(2)12-10(13)6-9/h4-6,8H,1H2,2-3H3,(H,12,13). The predicted molar refractivity (Wildman–Crippen MR) is 56.9 cm³/mol. The number of pyridine rings is 1. The van der Waals surface area contributed by atoms with Crippen molar-refractivity contribution in [3.05, 3.63) is 46.4 Å². The van der Waals surface area contributed by atoms with Gasteiger partial charge in [0.25, 0.3) is 0 Å². The van der Waals surface area contributed by atoms with Gasteiger partial charge in [0.05, 0.1) is 5.56 Å².